The molecule has 1 aliphatic heterocycles. The number of benzene rings is 1. The van der Waals surface area contributed by atoms with Gasteiger partial charge < -0.3 is 10.2 Å². The van der Waals surface area contributed by atoms with Crippen LogP contribution in [0, 0.1) is 11.7 Å². The SMILES string of the molecule is O=C(NCc1cccnc1)[C@@H]1CC(=O)N(c2ccc(Cl)c(F)c2)C1. The lowest BCUT2D eigenvalue weighted by Crippen LogP contribution is -2.32. The predicted molar refractivity (Wildman–Crippen MR) is 88.0 cm³/mol. The lowest BCUT2D eigenvalue weighted by Gasteiger charge is -2.17. The topological polar surface area (TPSA) is 62.3 Å². The second kappa shape index (κ2) is 6.97. The minimum atomic E-state index is -0.591. The summed E-state index contributed by atoms with van der Waals surface area (Å²) in [4.78, 5) is 29.8. The molecular formula is C17H15ClFN3O2. The van der Waals surface area contributed by atoms with E-state index in [-0.39, 0.29) is 29.8 Å². The molecule has 1 fully saturated rings. The maximum absolute atomic E-state index is 13.6. The van der Waals surface area contributed by atoms with Gasteiger partial charge in [0.05, 0.1) is 10.9 Å². The van der Waals surface area contributed by atoms with E-state index in [9.17, 15) is 14.0 Å². The zero-order valence-corrected chi connectivity index (χ0v) is 13.5. The second-order valence-corrected chi connectivity index (χ2v) is 5.99. The molecule has 2 aromatic rings. The number of hydrogen-bond acceptors (Lipinski definition) is 3. The van der Waals surface area contributed by atoms with Crippen molar-refractivity contribution in [1.82, 2.24) is 10.3 Å². The van der Waals surface area contributed by atoms with Gasteiger partial charge in [-0.3, -0.25) is 14.6 Å². The van der Waals surface area contributed by atoms with Crippen LogP contribution in [0.25, 0.3) is 0 Å². The Hall–Kier alpha value is -2.47. The molecular weight excluding hydrogens is 333 g/mol. The van der Waals surface area contributed by atoms with Gasteiger partial charge >= 0.3 is 0 Å². The molecule has 1 aromatic heterocycles. The Kier molecular flexibility index (Phi) is 4.76. The van der Waals surface area contributed by atoms with Crippen LogP contribution in [0.1, 0.15) is 12.0 Å². The van der Waals surface area contributed by atoms with Gasteiger partial charge in [-0.05, 0) is 29.8 Å². The lowest BCUT2D eigenvalue weighted by atomic mass is 10.1. The Balaban J connectivity index is 1.63. The van der Waals surface area contributed by atoms with Crippen molar-refractivity contribution in [2.45, 2.75) is 13.0 Å². The van der Waals surface area contributed by atoms with Crippen LogP contribution in [0.4, 0.5) is 10.1 Å². The molecule has 7 heteroatoms. The number of nitrogens with zero attached hydrogens (tertiary/aromatic N) is 2. The Bertz CT molecular complexity index is 770. The highest BCUT2D eigenvalue weighted by molar-refractivity contribution is 6.30. The minimum absolute atomic E-state index is 0.00356. The van der Waals surface area contributed by atoms with Crippen LogP contribution in [0.5, 0.6) is 0 Å². The van der Waals surface area contributed by atoms with E-state index in [4.69, 9.17) is 11.6 Å². The van der Waals surface area contributed by atoms with Crippen molar-refractivity contribution in [1.29, 1.82) is 0 Å². The number of amides is 2. The summed E-state index contributed by atoms with van der Waals surface area (Å²) in [7, 11) is 0. The molecule has 0 bridgehead atoms. The fraction of sp³-hybridized carbons (Fsp3) is 0.235. The Morgan fingerprint density at radius 3 is 2.96 bits per heavy atom. The van der Waals surface area contributed by atoms with Crippen molar-refractivity contribution in [2.24, 2.45) is 5.92 Å². The number of carbonyl (C=O) groups is 2. The maximum atomic E-state index is 13.6. The summed E-state index contributed by atoms with van der Waals surface area (Å²) in [6.07, 6.45) is 3.43. The summed E-state index contributed by atoms with van der Waals surface area (Å²) >= 11 is 5.65. The van der Waals surface area contributed by atoms with E-state index in [1.165, 1.54) is 17.0 Å². The quantitative estimate of drug-likeness (QED) is 0.924. The van der Waals surface area contributed by atoms with Gasteiger partial charge in [0, 0.05) is 37.6 Å². The molecule has 1 atom stereocenters. The standard InChI is InChI=1S/C17H15ClFN3O2/c18-14-4-3-13(7-15(14)19)22-10-12(6-16(22)23)17(24)21-9-11-2-1-5-20-8-11/h1-5,7-8,12H,6,9-10H2,(H,21,24)/t12-/m1/s1. The minimum Gasteiger partial charge on any atom is -0.352 e. The number of anilines is 1. The highest BCUT2D eigenvalue weighted by Crippen LogP contribution is 2.28. The average molecular weight is 348 g/mol. The van der Waals surface area contributed by atoms with E-state index in [1.54, 1.807) is 24.5 Å². The van der Waals surface area contributed by atoms with Crippen molar-refractivity contribution < 1.29 is 14.0 Å². The van der Waals surface area contributed by atoms with Gasteiger partial charge in [0.1, 0.15) is 5.82 Å². The zero-order chi connectivity index (χ0) is 17.1. The summed E-state index contributed by atoms with van der Waals surface area (Å²) in [5.74, 6) is -1.47. The van der Waals surface area contributed by atoms with E-state index < -0.39 is 11.7 Å². The van der Waals surface area contributed by atoms with Crippen LogP contribution in [0.2, 0.25) is 5.02 Å². The number of aromatic nitrogens is 1. The second-order valence-electron chi connectivity index (χ2n) is 5.58. The van der Waals surface area contributed by atoms with Crippen molar-refractivity contribution in [3.63, 3.8) is 0 Å². The number of hydrogen-bond donors (Lipinski definition) is 1. The maximum Gasteiger partial charge on any atom is 0.227 e. The van der Waals surface area contributed by atoms with E-state index in [1.807, 2.05) is 6.07 Å². The summed E-state index contributed by atoms with van der Waals surface area (Å²) < 4.78 is 13.6. The number of pyridine rings is 1. The highest BCUT2D eigenvalue weighted by atomic mass is 35.5. The summed E-state index contributed by atoms with van der Waals surface area (Å²) in [5.41, 5.74) is 1.29. The molecule has 0 unspecified atom stereocenters. The van der Waals surface area contributed by atoms with Gasteiger partial charge in [-0.15, -0.1) is 0 Å². The summed E-state index contributed by atoms with van der Waals surface area (Å²) in [5, 5.41) is 2.80. The first-order chi connectivity index (χ1) is 11.5. The molecule has 124 valence electrons. The van der Waals surface area contributed by atoms with Crippen LogP contribution in [0.3, 0.4) is 0 Å². The molecule has 2 heterocycles. The number of rotatable bonds is 4. The van der Waals surface area contributed by atoms with Gasteiger partial charge in [0.15, 0.2) is 0 Å². The van der Waals surface area contributed by atoms with E-state index in [0.29, 0.717) is 12.2 Å². The van der Waals surface area contributed by atoms with Crippen molar-refractivity contribution >= 4 is 29.1 Å². The first kappa shape index (κ1) is 16.4. The van der Waals surface area contributed by atoms with Crippen LogP contribution < -0.4 is 10.2 Å². The highest BCUT2D eigenvalue weighted by Gasteiger charge is 2.35. The molecule has 1 saturated heterocycles. The van der Waals surface area contributed by atoms with Gasteiger partial charge in [-0.25, -0.2) is 4.39 Å². The van der Waals surface area contributed by atoms with Crippen molar-refractivity contribution in [3.05, 3.63) is 59.1 Å². The Morgan fingerprint density at radius 2 is 2.25 bits per heavy atom. The molecule has 0 radical (unpaired) electrons. The zero-order valence-electron chi connectivity index (χ0n) is 12.7. The molecule has 1 N–H and O–H groups in total. The molecule has 1 aromatic carbocycles. The average Bonchev–Trinajstić information content (AvgIpc) is 2.98. The molecule has 24 heavy (non-hydrogen) atoms. The van der Waals surface area contributed by atoms with Crippen LogP contribution in [0.15, 0.2) is 42.7 Å². The van der Waals surface area contributed by atoms with Crippen LogP contribution in [-0.4, -0.2) is 23.3 Å². The van der Waals surface area contributed by atoms with Crippen LogP contribution in [-0.2, 0) is 16.1 Å². The Morgan fingerprint density at radius 1 is 1.42 bits per heavy atom. The molecule has 0 aliphatic carbocycles. The summed E-state index contributed by atoms with van der Waals surface area (Å²) in [6, 6.07) is 7.82. The fourth-order valence-electron chi connectivity index (χ4n) is 2.62. The normalized spacial score (nSPS) is 17.2. The first-order valence-corrected chi connectivity index (χ1v) is 7.84. The largest absolute Gasteiger partial charge is 0.352 e. The molecule has 3 rings (SSSR count). The third-order valence-corrected chi connectivity index (χ3v) is 4.21. The number of nitrogens with one attached hydrogen (secondary N) is 1. The van der Waals surface area contributed by atoms with E-state index >= 15 is 0 Å². The van der Waals surface area contributed by atoms with Crippen LogP contribution >= 0.6 is 11.6 Å². The molecule has 1 aliphatic rings. The molecule has 0 spiro atoms. The molecule has 5 nitrogen and oxygen atoms in total. The van der Waals surface area contributed by atoms with Gasteiger partial charge in [-0.2, -0.15) is 0 Å². The first-order valence-electron chi connectivity index (χ1n) is 7.46. The van der Waals surface area contributed by atoms with Gasteiger partial charge in [0.2, 0.25) is 11.8 Å². The number of halogens is 2. The molecule has 2 amide bonds. The summed E-state index contributed by atoms with van der Waals surface area (Å²) in [6.45, 7) is 0.575. The monoisotopic (exact) mass is 347 g/mol. The van der Waals surface area contributed by atoms with Gasteiger partial charge in [-0.1, -0.05) is 17.7 Å². The Labute approximate surface area is 143 Å². The third kappa shape index (κ3) is 3.54. The lowest BCUT2D eigenvalue weighted by molar-refractivity contribution is -0.126. The smallest absolute Gasteiger partial charge is 0.227 e. The van der Waals surface area contributed by atoms with Crippen molar-refractivity contribution in [3.8, 4) is 0 Å². The molecule has 0 saturated carbocycles. The van der Waals surface area contributed by atoms with E-state index in [2.05, 4.69) is 10.3 Å². The van der Waals surface area contributed by atoms with Crippen molar-refractivity contribution in [2.75, 3.05) is 11.4 Å². The fourth-order valence-corrected chi connectivity index (χ4v) is 2.74. The third-order valence-electron chi connectivity index (χ3n) is 3.90. The van der Waals surface area contributed by atoms with E-state index in [0.717, 1.165) is 5.56 Å². The number of carbonyl (C=O) groups excluding carboxylic acids is 2. The predicted octanol–water partition coefficient (Wildman–Crippen LogP) is 2.54. The van der Waals surface area contributed by atoms with Gasteiger partial charge in [0.25, 0.3) is 0 Å².